The van der Waals surface area contributed by atoms with Crippen LogP contribution in [0.2, 0.25) is 0 Å². The van der Waals surface area contributed by atoms with Crippen molar-refractivity contribution in [1.29, 1.82) is 0 Å². The van der Waals surface area contributed by atoms with Crippen LogP contribution < -0.4 is 5.73 Å². The van der Waals surface area contributed by atoms with Crippen molar-refractivity contribution in [2.75, 3.05) is 6.54 Å². The molecule has 1 aliphatic rings. The van der Waals surface area contributed by atoms with Gasteiger partial charge in [-0.15, -0.1) is 10.2 Å². The van der Waals surface area contributed by atoms with Crippen LogP contribution in [-0.2, 0) is 5.41 Å². The highest BCUT2D eigenvalue weighted by atomic mass is 32.1. The van der Waals surface area contributed by atoms with Gasteiger partial charge in [0.15, 0.2) is 5.82 Å². The minimum Gasteiger partial charge on any atom is -0.330 e. The van der Waals surface area contributed by atoms with Gasteiger partial charge in [-0.1, -0.05) is 25.2 Å². The van der Waals surface area contributed by atoms with Gasteiger partial charge in [0.05, 0.1) is 0 Å². The summed E-state index contributed by atoms with van der Waals surface area (Å²) in [6.07, 6.45) is 3.43. The van der Waals surface area contributed by atoms with Crippen molar-refractivity contribution in [3.63, 3.8) is 0 Å². The summed E-state index contributed by atoms with van der Waals surface area (Å²) < 4.78 is 1.92. The molecule has 1 atom stereocenters. The highest BCUT2D eigenvalue weighted by Crippen LogP contribution is 2.40. The lowest BCUT2D eigenvalue weighted by Crippen LogP contribution is -2.31. The van der Waals surface area contributed by atoms with Crippen LogP contribution in [0.25, 0.3) is 4.96 Å². The fraction of sp³-hybridized carbons (Fsp3) is 0.727. The Morgan fingerprint density at radius 3 is 2.82 bits per heavy atom. The van der Waals surface area contributed by atoms with Gasteiger partial charge < -0.3 is 5.73 Å². The number of nitrogens with zero attached hydrogens (tertiary/aromatic N) is 4. The van der Waals surface area contributed by atoms with Gasteiger partial charge in [-0.25, -0.2) is 0 Å². The molecule has 2 aromatic heterocycles. The third kappa shape index (κ3) is 1.66. The SMILES string of the molecule is CCC(C)(CN)c1nn2c(C3CC3)nnc2s1. The Kier molecular flexibility index (Phi) is 2.45. The van der Waals surface area contributed by atoms with Crippen molar-refractivity contribution < 1.29 is 0 Å². The van der Waals surface area contributed by atoms with E-state index < -0.39 is 0 Å². The average Bonchev–Trinajstić information content (AvgIpc) is 2.97. The first-order valence-corrected chi connectivity index (χ1v) is 6.92. The van der Waals surface area contributed by atoms with Crippen molar-refractivity contribution in [3.8, 4) is 0 Å². The molecule has 0 saturated heterocycles. The summed E-state index contributed by atoms with van der Waals surface area (Å²) in [6.45, 7) is 4.93. The highest BCUT2D eigenvalue weighted by molar-refractivity contribution is 7.16. The maximum Gasteiger partial charge on any atom is 0.234 e. The molecule has 1 fully saturated rings. The Hall–Kier alpha value is -1.01. The summed E-state index contributed by atoms with van der Waals surface area (Å²) in [6, 6.07) is 0. The van der Waals surface area contributed by atoms with E-state index in [-0.39, 0.29) is 5.41 Å². The fourth-order valence-electron chi connectivity index (χ4n) is 1.85. The van der Waals surface area contributed by atoms with E-state index in [0.717, 1.165) is 22.2 Å². The van der Waals surface area contributed by atoms with Crippen molar-refractivity contribution in [1.82, 2.24) is 19.8 Å². The number of aromatic nitrogens is 4. The van der Waals surface area contributed by atoms with Crippen LogP contribution in [0.1, 0.15) is 49.9 Å². The third-order valence-corrected chi connectivity index (χ3v) is 4.91. The van der Waals surface area contributed by atoms with Gasteiger partial charge in [-0.05, 0) is 19.3 Å². The summed E-state index contributed by atoms with van der Waals surface area (Å²) in [5, 5.41) is 14.2. The summed E-state index contributed by atoms with van der Waals surface area (Å²) in [5.41, 5.74) is 5.84. The zero-order valence-electron chi connectivity index (χ0n) is 10.2. The molecule has 92 valence electrons. The first-order chi connectivity index (χ1) is 8.18. The summed E-state index contributed by atoms with van der Waals surface area (Å²) >= 11 is 1.62. The molecular weight excluding hydrogens is 234 g/mol. The molecule has 0 aliphatic heterocycles. The molecule has 2 N–H and O–H groups in total. The molecule has 0 aromatic carbocycles. The summed E-state index contributed by atoms with van der Waals surface area (Å²) in [7, 11) is 0. The smallest absolute Gasteiger partial charge is 0.234 e. The van der Waals surface area contributed by atoms with Crippen LogP contribution in [-0.4, -0.2) is 26.4 Å². The van der Waals surface area contributed by atoms with Crippen molar-refractivity contribution in [2.24, 2.45) is 5.73 Å². The molecule has 0 radical (unpaired) electrons. The summed E-state index contributed by atoms with van der Waals surface area (Å²) in [4.78, 5) is 0.898. The second-order valence-electron chi connectivity index (χ2n) is 5.05. The maximum absolute atomic E-state index is 5.87. The Balaban J connectivity index is 2.07. The quantitative estimate of drug-likeness (QED) is 0.897. The first kappa shape index (κ1) is 11.1. The number of fused-ring (bicyclic) bond motifs is 1. The Morgan fingerprint density at radius 1 is 1.47 bits per heavy atom. The number of hydrogen-bond acceptors (Lipinski definition) is 5. The van der Waals surface area contributed by atoms with E-state index in [1.807, 2.05) is 4.52 Å². The molecule has 2 heterocycles. The highest BCUT2D eigenvalue weighted by Gasteiger charge is 2.32. The van der Waals surface area contributed by atoms with Gasteiger partial charge in [-0.3, -0.25) is 0 Å². The Labute approximate surface area is 104 Å². The van der Waals surface area contributed by atoms with Crippen LogP contribution in [0.4, 0.5) is 0 Å². The monoisotopic (exact) mass is 251 g/mol. The van der Waals surface area contributed by atoms with Gasteiger partial charge in [-0.2, -0.15) is 9.61 Å². The van der Waals surface area contributed by atoms with Gasteiger partial charge in [0.1, 0.15) is 5.01 Å². The van der Waals surface area contributed by atoms with Gasteiger partial charge in [0.2, 0.25) is 4.96 Å². The molecule has 0 amide bonds. The van der Waals surface area contributed by atoms with Crippen LogP contribution in [0, 0.1) is 0 Å². The Morgan fingerprint density at radius 2 is 2.24 bits per heavy atom. The van der Waals surface area contributed by atoms with E-state index in [9.17, 15) is 0 Å². The van der Waals surface area contributed by atoms with E-state index in [2.05, 4.69) is 29.1 Å². The van der Waals surface area contributed by atoms with Crippen LogP contribution in [0.3, 0.4) is 0 Å². The largest absolute Gasteiger partial charge is 0.330 e. The lowest BCUT2D eigenvalue weighted by atomic mass is 9.89. The molecular formula is C11H17N5S. The summed E-state index contributed by atoms with van der Waals surface area (Å²) in [5.74, 6) is 1.60. The lowest BCUT2D eigenvalue weighted by Gasteiger charge is -2.22. The fourth-order valence-corrected chi connectivity index (χ4v) is 2.93. The standard InChI is InChI=1S/C11H17N5S/c1-3-11(2,6-12)9-15-16-8(7-4-5-7)13-14-10(16)17-9/h7H,3-6,12H2,1-2H3. The molecule has 1 saturated carbocycles. The van der Waals surface area contributed by atoms with Gasteiger partial charge in [0.25, 0.3) is 0 Å². The minimum atomic E-state index is -0.0355. The van der Waals surface area contributed by atoms with Crippen LogP contribution >= 0.6 is 11.3 Å². The van der Waals surface area contributed by atoms with E-state index in [1.54, 1.807) is 11.3 Å². The minimum absolute atomic E-state index is 0.0355. The normalized spacial score (nSPS) is 19.7. The van der Waals surface area contributed by atoms with Gasteiger partial charge in [0, 0.05) is 17.9 Å². The molecule has 6 heteroatoms. The maximum atomic E-state index is 5.87. The molecule has 5 nitrogen and oxygen atoms in total. The first-order valence-electron chi connectivity index (χ1n) is 6.10. The van der Waals surface area contributed by atoms with E-state index >= 15 is 0 Å². The van der Waals surface area contributed by atoms with Crippen molar-refractivity contribution >= 4 is 16.3 Å². The van der Waals surface area contributed by atoms with E-state index in [1.165, 1.54) is 12.8 Å². The van der Waals surface area contributed by atoms with Crippen LogP contribution in [0.15, 0.2) is 0 Å². The molecule has 1 aliphatic carbocycles. The number of hydrogen-bond donors (Lipinski definition) is 1. The molecule has 0 bridgehead atoms. The predicted molar refractivity (Wildman–Crippen MR) is 67.3 cm³/mol. The van der Waals surface area contributed by atoms with Crippen LogP contribution in [0.5, 0.6) is 0 Å². The second kappa shape index (κ2) is 3.74. The average molecular weight is 251 g/mol. The second-order valence-corrected chi connectivity index (χ2v) is 6.01. The zero-order chi connectivity index (χ0) is 12.0. The van der Waals surface area contributed by atoms with Gasteiger partial charge >= 0.3 is 0 Å². The molecule has 0 spiro atoms. The topological polar surface area (TPSA) is 69.1 Å². The predicted octanol–water partition coefficient (Wildman–Crippen LogP) is 1.69. The van der Waals surface area contributed by atoms with E-state index in [0.29, 0.717) is 12.5 Å². The third-order valence-electron chi connectivity index (χ3n) is 3.70. The number of nitrogens with two attached hydrogens (primary N) is 1. The van der Waals surface area contributed by atoms with E-state index in [4.69, 9.17) is 5.73 Å². The lowest BCUT2D eigenvalue weighted by molar-refractivity contribution is 0.458. The van der Waals surface area contributed by atoms with Crippen molar-refractivity contribution in [2.45, 2.75) is 44.4 Å². The molecule has 3 rings (SSSR count). The van der Waals surface area contributed by atoms with Crippen molar-refractivity contribution in [3.05, 3.63) is 10.8 Å². The number of rotatable bonds is 4. The zero-order valence-corrected chi connectivity index (χ0v) is 11.0. The Bertz CT molecular complexity index is 535. The molecule has 1 unspecified atom stereocenters. The molecule has 17 heavy (non-hydrogen) atoms. The molecule has 2 aromatic rings.